The van der Waals surface area contributed by atoms with Crippen LogP contribution < -0.4 is 5.32 Å². The van der Waals surface area contributed by atoms with Crippen LogP contribution >= 0.6 is 11.6 Å². The van der Waals surface area contributed by atoms with Gasteiger partial charge in [-0.25, -0.2) is 13.2 Å². The van der Waals surface area contributed by atoms with Crippen LogP contribution in [0.3, 0.4) is 0 Å². The number of nitrogens with one attached hydrogen (secondary N) is 1. The van der Waals surface area contributed by atoms with E-state index in [4.69, 9.17) is 11.6 Å². The molecule has 2 bridgehead atoms. The first-order chi connectivity index (χ1) is 18.5. The Morgan fingerprint density at radius 1 is 1.05 bits per heavy atom. The summed E-state index contributed by atoms with van der Waals surface area (Å²) in [7, 11) is -3.55. The number of benzene rings is 2. The lowest BCUT2D eigenvalue weighted by Gasteiger charge is -2.57. The van der Waals surface area contributed by atoms with Gasteiger partial charge in [0.2, 0.25) is 10.0 Å². The van der Waals surface area contributed by atoms with E-state index in [0.29, 0.717) is 62.2 Å². The number of allylic oxidation sites excluding steroid dienone is 1. The minimum Gasteiger partial charge on any atom is -0.319 e. The fraction of sp³-hybridized carbons (Fsp3) is 0.500. The molecular formula is C30H39ClN4O3S. The number of amides is 2. The van der Waals surface area contributed by atoms with Gasteiger partial charge in [0.25, 0.3) is 0 Å². The van der Waals surface area contributed by atoms with Crippen LogP contribution in [0.15, 0.2) is 65.1 Å². The Balaban J connectivity index is 1.21. The van der Waals surface area contributed by atoms with Gasteiger partial charge in [-0.15, -0.1) is 0 Å². The fourth-order valence-electron chi connectivity index (χ4n) is 6.18. The number of urea groups is 1. The van der Waals surface area contributed by atoms with Crippen LogP contribution in [0.25, 0.3) is 0 Å². The summed E-state index contributed by atoms with van der Waals surface area (Å²) in [5, 5.41) is 3.60. The van der Waals surface area contributed by atoms with Crippen molar-refractivity contribution >= 4 is 33.3 Å². The summed E-state index contributed by atoms with van der Waals surface area (Å²) in [5.74, 6) is 1.29. The normalized spacial score (nSPS) is 23.0. The largest absolute Gasteiger partial charge is 0.322 e. The van der Waals surface area contributed by atoms with E-state index in [0.717, 1.165) is 23.6 Å². The Bertz CT molecular complexity index is 1320. The number of carbonyl (C=O) groups excluding carboxylic acids is 1. The maximum absolute atomic E-state index is 13.5. The molecule has 0 aromatic heterocycles. The van der Waals surface area contributed by atoms with E-state index < -0.39 is 10.0 Å². The summed E-state index contributed by atoms with van der Waals surface area (Å²) in [6.07, 6.45) is 4.67. The van der Waals surface area contributed by atoms with Crippen molar-refractivity contribution in [3.05, 3.63) is 70.8 Å². The number of fused-ring (bicyclic) bond motifs is 1. The molecule has 2 aromatic rings. The number of rotatable bonds is 8. The molecule has 1 aliphatic heterocycles. The summed E-state index contributed by atoms with van der Waals surface area (Å²) in [6.45, 7) is 10.7. The standard InChI is InChI=1S/C30H39ClN4O3S/c1-22-4-10-26(11-5-22)32-29(36)34(21-23-6-7-24-20-28(23)30(24,2)3)17-14-33-15-18-35(19-16-33)39(37,38)27-12-8-25(31)9-13-27/h4-6,8-13,24,28H,7,14-21H2,1-3H3,(H,32,36). The second kappa shape index (κ2) is 11.2. The van der Waals surface area contributed by atoms with Crippen molar-refractivity contribution in [2.75, 3.05) is 51.1 Å². The predicted molar refractivity (Wildman–Crippen MR) is 156 cm³/mol. The quantitative estimate of drug-likeness (QED) is 0.427. The minimum atomic E-state index is -3.55. The van der Waals surface area contributed by atoms with E-state index in [-0.39, 0.29) is 10.9 Å². The van der Waals surface area contributed by atoms with Crippen molar-refractivity contribution in [1.82, 2.24) is 14.1 Å². The van der Waals surface area contributed by atoms with Crippen LogP contribution in [-0.2, 0) is 10.0 Å². The Hall–Kier alpha value is -2.39. The second-order valence-corrected chi connectivity index (χ2v) is 14.1. The number of piperazine rings is 1. The number of hydrogen-bond acceptors (Lipinski definition) is 4. The Morgan fingerprint density at radius 2 is 1.72 bits per heavy atom. The molecule has 2 amide bonds. The van der Waals surface area contributed by atoms with Gasteiger partial charge in [-0.3, -0.25) is 4.90 Å². The second-order valence-electron chi connectivity index (χ2n) is 11.7. The molecule has 0 spiro atoms. The van der Waals surface area contributed by atoms with Crippen LogP contribution in [0, 0.1) is 24.2 Å². The molecule has 0 radical (unpaired) electrons. The average molecular weight is 571 g/mol. The SMILES string of the molecule is Cc1ccc(NC(=O)N(CCN2CCN(S(=O)(=O)c3ccc(Cl)cc3)CC2)CC2=CCC3CC2C3(C)C)cc1. The third kappa shape index (κ3) is 6.04. The van der Waals surface area contributed by atoms with Gasteiger partial charge in [0.05, 0.1) is 4.90 Å². The van der Waals surface area contributed by atoms with Gasteiger partial charge < -0.3 is 10.2 Å². The molecule has 2 aromatic carbocycles. The molecule has 7 nitrogen and oxygen atoms in total. The maximum atomic E-state index is 13.5. The van der Waals surface area contributed by atoms with Crippen molar-refractivity contribution in [3.8, 4) is 0 Å². The zero-order chi connectivity index (χ0) is 27.8. The third-order valence-electron chi connectivity index (χ3n) is 9.01. The minimum absolute atomic E-state index is 0.0945. The van der Waals surface area contributed by atoms with E-state index in [2.05, 4.69) is 30.1 Å². The first kappa shape index (κ1) is 28.1. The van der Waals surface area contributed by atoms with Gasteiger partial charge in [-0.05, 0) is 73.4 Å². The topological polar surface area (TPSA) is 73.0 Å². The van der Waals surface area contributed by atoms with Crippen molar-refractivity contribution in [3.63, 3.8) is 0 Å². The molecule has 4 aliphatic rings. The van der Waals surface area contributed by atoms with Gasteiger partial charge in [0.15, 0.2) is 0 Å². The highest BCUT2D eigenvalue weighted by Gasteiger charge is 2.51. The van der Waals surface area contributed by atoms with Crippen LogP contribution in [-0.4, -0.2) is 74.4 Å². The molecule has 39 heavy (non-hydrogen) atoms. The van der Waals surface area contributed by atoms with Crippen molar-refractivity contribution in [1.29, 1.82) is 0 Å². The van der Waals surface area contributed by atoms with Crippen molar-refractivity contribution < 1.29 is 13.2 Å². The lowest BCUT2D eigenvalue weighted by molar-refractivity contribution is -0.00967. The highest BCUT2D eigenvalue weighted by molar-refractivity contribution is 7.89. The highest BCUT2D eigenvalue weighted by Crippen LogP contribution is 2.59. The van der Waals surface area contributed by atoms with Crippen LogP contribution in [0.2, 0.25) is 5.02 Å². The number of aryl methyl sites for hydroxylation is 1. The van der Waals surface area contributed by atoms with Crippen LogP contribution in [0.1, 0.15) is 32.3 Å². The van der Waals surface area contributed by atoms with Gasteiger partial charge in [0.1, 0.15) is 0 Å². The summed E-state index contributed by atoms with van der Waals surface area (Å²) in [4.78, 5) is 17.9. The molecule has 1 saturated heterocycles. The number of carbonyl (C=O) groups is 1. The van der Waals surface area contributed by atoms with Crippen LogP contribution in [0.5, 0.6) is 0 Å². The zero-order valence-electron chi connectivity index (χ0n) is 23.1. The number of hydrogen-bond donors (Lipinski definition) is 1. The summed E-state index contributed by atoms with van der Waals surface area (Å²) < 4.78 is 27.7. The van der Waals surface area contributed by atoms with Crippen LogP contribution in [0.4, 0.5) is 10.5 Å². The van der Waals surface area contributed by atoms with Gasteiger partial charge in [-0.2, -0.15) is 4.31 Å². The third-order valence-corrected chi connectivity index (χ3v) is 11.2. The van der Waals surface area contributed by atoms with Gasteiger partial charge in [-0.1, -0.05) is 54.8 Å². The molecule has 2 atom stereocenters. The Morgan fingerprint density at radius 3 is 2.33 bits per heavy atom. The molecule has 2 unspecified atom stereocenters. The van der Waals surface area contributed by atoms with E-state index in [1.165, 1.54) is 16.3 Å². The highest BCUT2D eigenvalue weighted by atomic mass is 35.5. The van der Waals surface area contributed by atoms with E-state index in [1.807, 2.05) is 36.1 Å². The monoisotopic (exact) mass is 570 g/mol. The summed E-state index contributed by atoms with van der Waals surface area (Å²) >= 11 is 5.94. The van der Waals surface area contributed by atoms with Gasteiger partial charge >= 0.3 is 6.03 Å². The maximum Gasteiger partial charge on any atom is 0.322 e. The molecule has 6 rings (SSSR count). The van der Waals surface area contributed by atoms with Crippen molar-refractivity contribution in [2.45, 2.75) is 38.5 Å². The number of anilines is 1. The van der Waals surface area contributed by atoms with E-state index >= 15 is 0 Å². The fourth-order valence-corrected chi connectivity index (χ4v) is 7.73. The molecule has 1 saturated carbocycles. The van der Waals surface area contributed by atoms with Gasteiger partial charge in [0, 0.05) is 56.5 Å². The average Bonchev–Trinajstić information content (AvgIpc) is 2.92. The summed E-state index contributed by atoms with van der Waals surface area (Å²) in [6, 6.07) is 14.1. The lowest BCUT2D eigenvalue weighted by atomic mass is 9.49. The molecule has 2 fully saturated rings. The number of nitrogens with zero attached hydrogens (tertiary/aromatic N) is 3. The summed E-state index contributed by atoms with van der Waals surface area (Å²) in [5.41, 5.74) is 3.62. The zero-order valence-corrected chi connectivity index (χ0v) is 24.6. The molecule has 9 heteroatoms. The molecule has 1 N–H and O–H groups in total. The lowest BCUT2D eigenvalue weighted by Crippen LogP contribution is -2.52. The van der Waals surface area contributed by atoms with E-state index in [9.17, 15) is 13.2 Å². The molecule has 1 heterocycles. The number of sulfonamides is 1. The van der Waals surface area contributed by atoms with Crippen molar-refractivity contribution in [2.24, 2.45) is 17.3 Å². The number of halogens is 1. The smallest absolute Gasteiger partial charge is 0.319 e. The molecular weight excluding hydrogens is 532 g/mol. The first-order valence-corrected chi connectivity index (χ1v) is 15.7. The Kier molecular flexibility index (Phi) is 8.11. The predicted octanol–water partition coefficient (Wildman–Crippen LogP) is 5.48. The van der Waals surface area contributed by atoms with E-state index in [1.54, 1.807) is 24.3 Å². The Labute approximate surface area is 237 Å². The molecule has 210 valence electrons. The first-order valence-electron chi connectivity index (χ1n) is 13.8. The molecule has 3 aliphatic carbocycles.